The number of piperidine rings is 1. The van der Waals surface area contributed by atoms with Crippen molar-refractivity contribution in [2.45, 2.75) is 51.0 Å². The fraction of sp³-hybridized carbons (Fsp3) is 0.600. The number of nitrogens with zero attached hydrogens (tertiary/aromatic N) is 1. The minimum absolute atomic E-state index is 0.0818. The molecule has 2 aliphatic rings. The van der Waals surface area contributed by atoms with Crippen LogP contribution in [0.1, 0.15) is 44.1 Å². The number of hydrogen-bond acceptors (Lipinski definition) is 3. The van der Waals surface area contributed by atoms with E-state index in [0.29, 0.717) is 19.4 Å². The van der Waals surface area contributed by atoms with Crippen molar-refractivity contribution >= 4 is 11.8 Å². The Morgan fingerprint density at radius 2 is 2.08 bits per heavy atom. The lowest BCUT2D eigenvalue weighted by atomic mass is 9.74. The molecule has 0 aromatic heterocycles. The second-order valence-corrected chi connectivity index (χ2v) is 7.40. The molecule has 2 amide bonds. The highest BCUT2D eigenvalue weighted by Gasteiger charge is 2.48. The van der Waals surface area contributed by atoms with Gasteiger partial charge in [0.15, 0.2) is 0 Å². The van der Waals surface area contributed by atoms with Crippen LogP contribution in [0.2, 0.25) is 0 Å². The highest BCUT2D eigenvalue weighted by Crippen LogP contribution is 2.47. The van der Waals surface area contributed by atoms with Gasteiger partial charge in [-0.05, 0) is 43.4 Å². The first kappa shape index (κ1) is 17.8. The van der Waals surface area contributed by atoms with E-state index in [1.54, 1.807) is 7.11 Å². The molecule has 3 rings (SSSR count). The summed E-state index contributed by atoms with van der Waals surface area (Å²) in [5.74, 6) is 1.17. The molecule has 1 aromatic carbocycles. The van der Waals surface area contributed by atoms with Gasteiger partial charge in [0.2, 0.25) is 11.8 Å². The van der Waals surface area contributed by atoms with Crippen LogP contribution < -0.4 is 10.1 Å². The Hall–Kier alpha value is -2.04. The Bertz CT molecular complexity index is 628. The van der Waals surface area contributed by atoms with Crippen LogP contribution in [0.15, 0.2) is 24.3 Å². The fourth-order valence-corrected chi connectivity index (χ4v) is 4.43. The van der Waals surface area contributed by atoms with Gasteiger partial charge in [-0.15, -0.1) is 0 Å². The summed E-state index contributed by atoms with van der Waals surface area (Å²) in [5.41, 5.74) is 1.22. The Balaban J connectivity index is 1.50. The predicted molar refractivity (Wildman–Crippen MR) is 96.4 cm³/mol. The van der Waals surface area contributed by atoms with Gasteiger partial charge in [-0.1, -0.05) is 18.6 Å². The van der Waals surface area contributed by atoms with Gasteiger partial charge in [0, 0.05) is 37.9 Å². The normalized spacial score (nSPS) is 25.6. The van der Waals surface area contributed by atoms with E-state index < -0.39 is 0 Å². The molecule has 1 saturated heterocycles. The molecule has 136 valence electrons. The smallest absolute Gasteiger partial charge is 0.222 e. The number of likely N-dealkylation sites (tertiary alicyclic amines) is 1. The van der Waals surface area contributed by atoms with E-state index in [2.05, 4.69) is 5.32 Å². The van der Waals surface area contributed by atoms with Crippen molar-refractivity contribution in [1.82, 2.24) is 10.2 Å². The topological polar surface area (TPSA) is 58.6 Å². The molecule has 0 bridgehead atoms. The van der Waals surface area contributed by atoms with Crippen LogP contribution >= 0.6 is 0 Å². The standard InChI is InChI=1S/C20H28N2O3/c1-22-17-4-3-12-20(17,13-11-19(22)24)14-21-18(23)10-7-15-5-8-16(25-2)9-6-15/h5-6,8-9,17H,3-4,7,10-14H2,1-2H3,(H,21,23). The van der Waals surface area contributed by atoms with Crippen molar-refractivity contribution in [2.24, 2.45) is 5.41 Å². The van der Waals surface area contributed by atoms with Crippen LogP contribution in [-0.2, 0) is 16.0 Å². The van der Waals surface area contributed by atoms with Gasteiger partial charge in [0.1, 0.15) is 5.75 Å². The monoisotopic (exact) mass is 344 g/mol. The van der Waals surface area contributed by atoms with E-state index in [9.17, 15) is 9.59 Å². The number of ether oxygens (including phenoxy) is 1. The molecule has 5 heteroatoms. The molecule has 1 aliphatic heterocycles. The van der Waals surface area contributed by atoms with Crippen molar-refractivity contribution in [3.8, 4) is 5.75 Å². The van der Waals surface area contributed by atoms with E-state index in [0.717, 1.165) is 43.4 Å². The number of aryl methyl sites for hydroxylation is 1. The first-order valence-electron chi connectivity index (χ1n) is 9.19. The number of nitrogens with one attached hydrogen (secondary N) is 1. The predicted octanol–water partition coefficient (Wildman–Crippen LogP) is 2.54. The first-order chi connectivity index (χ1) is 12.0. The summed E-state index contributed by atoms with van der Waals surface area (Å²) >= 11 is 0. The summed E-state index contributed by atoms with van der Waals surface area (Å²) in [6.07, 6.45) is 6.03. The lowest BCUT2D eigenvalue weighted by Crippen LogP contribution is -2.54. The molecular formula is C20H28N2O3. The van der Waals surface area contributed by atoms with E-state index >= 15 is 0 Å². The molecule has 5 nitrogen and oxygen atoms in total. The number of amides is 2. The maximum Gasteiger partial charge on any atom is 0.222 e. The van der Waals surface area contributed by atoms with Gasteiger partial charge >= 0.3 is 0 Å². The summed E-state index contributed by atoms with van der Waals surface area (Å²) in [6.45, 7) is 0.691. The number of hydrogen-bond donors (Lipinski definition) is 1. The first-order valence-corrected chi connectivity index (χ1v) is 9.19. The highest BCUT2D eigenvalue weighted by molar-refractivity contribution is 5.78. The summed E-state index contributed by atoms with van der Waals surface area (Å²) < 4.78 is 5.15. The zero-order valence-electron chi connectivity index (χ0n) is 15.2. The lowest BCUT2D eigenvalue weighted by molar-refractivity contribution is -0.139. The van der Waals surface area contributed by atoms with Crippen LogP contribution in [0.4, 0.5) is 0 Å². The van der Waals surface area contributed by atoms with Crippen molar-refractivity contribution in [3.05, 3.63) is 29.8 Å². The van der Waals surface area contributed by atoms with E-state index in [1.165, 1.54) is 0 Å². The third-order valence-corrected chi connectivity index (χ3v) is 5.99. The third-order valence-electron chi connectivity index (χ3n) is 5.99. The van der Waals surface area contributed by atoms with Crippen LogP contribution in [0.5, 0.6) is 5.75 Å². The van der Waals surface area contributed by atoms with Gasteiger partial charge in [0.05, 0.1) is 7.11 Å². The quantitative estimate of drug-likeness (QED) is 0.863. The summed E-state index contributed by atoms with van der Waals surface area (Å²) in [7, 11) is 3.56. The van der Waals surface area contributed by atoms with E-state index in [-0.39, 0.29) is 23.3 Å². The number of carbonyl (C=O) groups is 2. The third kappa shape index (κ3) is 3.80. The largest absolute Gasteiger partial charge is 0.497 e. The van der Waals surface area contributed by atoms with Gasteiger partial charge in [-0.3, -0.25) is 9.59 Å². The van der Waals surface area contributed by atoms with E-state index in [1.807, 2.05) is 36.2 Å². The SMILES string of the molecule is COc1ccc(CCC(=O)NCC23CCCC2N(C)C(=O)CC3)cc1. The molecule has 2 fully saturated rings. The number of benzene rings is 1. The van der Waals surface area contributed by atoms with Crippen molar-refractivity contribution in [2.75, 3.05) is 20.7 Å². The molecule has 25 heavy (non-hydrogen) atoms. The van der Waals surface area contributed by atoms with Crippen LogP contribution in [0.25, 0.3) is 0 Å². The molecule has 0 spiro atoms. The average Bonchev–Trinajstić information content (AvgIpc) is 3.07. The van der Waals surface area contributed by atoms with Crippen molar-refractivity contribution in [3.63, 3.8) is 0 Å². The molecule has 2 atom stereocenters. The Labute approximate surface area is 149 Å². The van der Waals surface area contributed by atoms with Gasteiger partial charge < -0.3 is 15.0 Å². The number of fused-ring (bicyclic) bond motifs is 1. The fourth-order valence-electron chi connectivity index (χ4n) is 4.43. The van der Waals surface area contributed by atoms with Gasteiger partial charge in [-0.2, -0.15) is 0 Å². The molecule has 1 heterocycles. The van der Waals surface area contributed by atoms with E-state index in [4.69, 9.17) is 4.74 Å². The Morgan fingerprint density at radius 1 is 1.32 bits per heavy atom. The Kier molecular flexibility index (Phi) is 5.30. The molecule has 2 unspecified atom stereocenters. The second kappa shape index (κ2) is 7.46. The summed E-state index contributed by atoms with van der Waals surface area (Å²) in [5, 5.41) is 3.14. The summed E-state index contributed by atoms with van der Waals surface area (Å²) in [4.78, 5) is 26.2. The molecular weight excluding hydrogens is 316 g/mol. The molecule has 1 saturated carbocycles. The lowest BCUT2D eigenvalue weighted by Gasteiger charge is -2.44. The molecule has 0 radical (unpaired) electrons. The number of methoxy groups -OCH3 is 1. The number of rotatable bonds is 6. The van der Waals surface area contributed by atoms with Crippen LogP contribution in [0.3, 0.4) is 0 Å². The molecule has 1 N–H and O–H groups in total. The molecule has 1 aromatic rings. The maximum atomic E-state index is 12.3. The minimum atomic E-state index is 0.0818. The zero-order chi connectivity index (χ0) is 17.9. The van der Waals surface area contributed by atoms with Gasteiger partial charge in [0.25, 0.3) is 0 Å². The summed E-state index contributed by atoms with van der Waals surface area (Å²) in [6, 6.07) is 8.13. The average molecular weight is 344 g/mol. The minimum Gasteiger partial charge on any atom is -0.497 e. The maximum absolute atomic E-state index is 12.3. The van der Waals surface area contributed by atoms with Crippen LogP contribution in [-0.4, -0.2) is 43.5 Å². The van der Waals surface area contributed by atoms with Crippen molar-refractivity contribution in [1.29, 1.82) is 0 Å². The van der Waals surface area contributed by atoms with Crippen LogP contribution in [0, 0.1) is 5.41 Å². The van der Waals surface area contributed by atoms with Gasteiger partial charge in [-0.25, -0.2) is 0 Å². The van der Waals surface area contributed by atoms with Crippen molar-refractivity contribution < 1.29 is 14.3 Å². The second-order valence-electron chi connectivity index (χ2n) is 7.40. The highest BCUT2D eigenvalue weighted by atomic mass is 16.5. The number of carbonyl (C=O) groups excluding carboxylic acids is 2. The molecule has 1 aliphatic carbocycles. The Morgan fingerprint density at radius 3 is 2.80 bits per heavy atom. The zero-order valence-corrected chi connectivity index (χ0v) is 15.2.